The van der Waals surface area contributed by atoms with Crippen LogP contribution < -0.4 is 0 Å². The minimum absolute atomic E-state index is 0.121. The largest absolute Gasteiger partial charge is 0.479 e. The molecule has 1 aliphatic rings. The molecule has 1 heterocycles. The molecule has 2 aromatic carbocycles. The highest BCUT2D eigenvalue weighted by Crippen LogP contribution is 2.35. The van der Waals surface area contributed by atoms with Crippen LogP contribution >= 0.6 is 22.6 Å². The molecule has 3 rings (SSSR count). The highest BCUT2D eigenvalue weighted by Gasteiger charge is 2.51. The molecule has 0 spiro atoms. The summed E-state index contributed by atoms with van der Waals surface area (Å²) in [7, 11) is 0. The van der Waals surface area contributed by atoms with Gasteiger partial charge in [-0.1, -0.05) is 35.9 Å². The molecule has 1 saturated heterocycles. The van der Waals surface area contributed by atoms with E-state index in [1.165, 1.54) is 0 Å². The summed E-state index contributed by atoms with van der Waals surface area (Å²) in [5, 5.41) is 19.1. The second-order valence-electron chi connectivity index (χ2n) is 7.04. The molecule has 2 aromatic rings. The van der Waals surface area contributed by atoms with Crippen molar-refractivity contribution >= 4 is 40.4 Å². The number of Topliss-reactive ketones (excluding diaryl/α,β-unsaturated/α-hetero) is 1. The standard InChI is InChI=1S/C21H20INO5/c1-13-3-5-14(6-4-13)16-11-15(7-8-17(16)22)18(24)12-21(19(25)26)9-2-10-23(21)20(27)28/h3-8,11H,2,9-10,12H2,1H3,(H,25,26)(H,27,28). The summed E-state index contributed by atoms with van der Waals surface area (Å²) >= 11 is 2.20. The van der Waals surface area contributed by atoms with Crippen LogP contribution in [0.3, 0.4) is 0 Å². The first-order valence-corrected chi connectivity index (χ1v) is 9.96. The Kier molecular flexibility index (Phi) is 5.74. The van der Waals surface area contributed by atoms with Crippen molar-refractivity contribution in [2.45, 2.75) is 31.7 Å². The summed E-state index contributed by atoms with van der Waals surface area (Å²) in [6.45, 7) is 2.12. The van der Waals surface area contributed by atoms with E-state index in [4.69, 9.17) is 0 Å². The van der Waals surface area contributed by atoms with E-state index in [0.29, 0.717) is 12.0 Å². The second-order valence-corrected chi connectivity index (χ2v) is 8.20. The molecule has 1 atom stereocenters. The fourth-order valence-electron chi connectivity index (χ4n) is 3.66. The number of halogens is 1. The Balaban J connectivity index is 1.94. The van der Waals surface area contributed by atoms with Crippen LogP contribution in [0.25, 0.3) is 11.1 Å². The molecular weight excluding hydrogens is 473 g/mol. The highest BCUT2D eigenvalue weighted by molar-refractivity contribution is 14.1. The van der Waals surface area contributed by atoms with Gasteiger partial charge in [0, 0.05) is 22.1 Å². The number of carbonyl (C=O) groups excluding carboxylic acids is 1. The fourth-order valence-corrected chi connectivity index (χ4v) is 4.31. The average molecular weight is 493 g/mol. The number of aliphatic carboxylic acids is 1. The number of carbonyl (C=O) groups is 3. The lowest BCUT2D eigenvalue weighted by molar-refractivity contribution is -0.148. The van der Waals surface area contributed by atoms with E-state index >= 15 is 0 Å². The predicted octanol–water partition coefficient (Wildman–Crippen LogP) is 4.44. The number of carboxylic acid groups (broad SMARTS) is 2. The number of nitrogens with zero attached hydrogens (tertiary/aromatic N) is 1. The third-order valence-corrected chi connectivity index (χ3v) is 6.16. The number of hydrogen-bond donors (Lipinski definition) is 2. The first-order chi connectivity index (χ1) is 13.2. The molecule has 0 radical (unpaired) electrons. The van der Waals surface area contributed by atoms with Crippen molar-refractivity contribution in [3.05, 3.63) is 57.2 Å². The average Bonchev–Trinajstić information content (AvgIpc) is 3.08. The summed E-state index contributed by atoms with van der Waals surface area (Å²) < 4.78 is 0.971. The Bertz CT molecular complexity index is 940. The van der Waals surface area contributed by atoms with Crippen LogP contribution in [0.4, 0.5) is 4.79 Å². The topological polar surface area (TPSA) is 94.9 Å². The number of carboxylic acids is 1. The normalized spacial score (nSPS) is 18.9. The Morgan fingerprint density at radius 3 is 2.39 bits per heavy atom. The predicted molar refractivity (Wildman–Crippen MR) is 113 cm³/mol. The lowest BCUT2D eigenvalue weighted by Gasteiger charge is -2.32. The number of ketones is 1. The lowest BCUT2D eigenvalue weighted by Crippen LogP contribution is -2.53. The first-order valence-electron chi connectivity index (χ1n) is 8.88. The molecular formula is C21H20INO5. The monoisotopic (exact) mass is 493 g/mol. The van der Waals surface area contributed by atoms with Crippen LogP contribution in [0.1, 0.15) is 35.2 Å². The minimum Gasteiger partial charge on any atom is -0.479 e. The highest BCUT2D eigenvalue weighted by atomic mass is 127. The van der Waals surface area contributed by atoms with Gasteiger partial charge in [0.05, 0.1) is 0 Å². The zero-order valence-electron chi connectivity index (χ0n) is 15.3. The summed E-state index contributed by atoms with van der Waals surface area (Å²) in [5.41, 5.74) is 1.66. The first kappa shape index (κ1) is 20.3. The van der Waals surface area contributed by atoms with Gasteiger partial charge in [0.15, 0.2) is 11.3 Å². The summed E-state index contributed by atoms with van der Waals surface area (Å²) in [5.74, 6) is -1.65. The van der Waals surface area contributed by atoms with Gasteiger partial charge in [-0.05, 0) is 65.6 Å². The SMILES string of the molecule is Cc1ccc(-c2cc(C(=O)CC3(C(=O)O)CCCN3C(=O)O)ccc2I)cc1. The van der Waals surface area contributed by atoms with E-state index in [1.54, 1.807) is 12.1 Å². The number of hydrogen-bond acceptors (Lipinski definition) is 3. The Labute approximate surface area is 176 Å². The maximum atomic E-state index is 12.9. The summed E-state index contributed by atoms with van der Waals surface area (Å²) in [4.78, 5) is 37.3. The summed E-state index contributed by atoms with van der Waals surface area (Å²) in [6.07, 6.45) is -1.12. The Morgan fingerprint density at radius 2 is 1.79 bits per heavy atom. The molecule has 146 valence electrons. The van der Waals surface area contributed by atoms with Crippen LogP contribution in [-0.4, -0.2) is 45.0 Å². The van der Waals surface area contributed by atoms with Crippen LogP contribution in [0.2, 0.25) is 0 Å². The Morgan fingerprint density at radius 1 is 1.11 bits per heavy atom. The maximum Gasteiger partial charge on any atom is 0.408 e. The number of benzene rings is 2. The molecule has 1 unspecified atom stereocenters. The molecule has 2 N–H and O–H groups in total. The number of rotatable bonds is 5. The van der Waals surface area contributed by atoms with Gasteiger partial charge in [0.25, 0.3) is 0 Å². The van der Waals surface area contributed by atoms with Gasteiger partial charge in [-0.15, -0.1) is 0 Å². The van der Waals surface area contributed by atoms with E-state index in [2.05, 4.69) is 22.6 Å². The number of amides is 1. The molecule has 0 saturated carbocycles. The number of aryl methyl sites for hydroxylation is 1. The van der Waals surface area contributed by atoms with Crippen molar-refractivity contribution in [3.63, 3.8) is 0 Å². The molecule has 0 aliphatic carbocycles. The molecule has 1 fully saturated rings. The van der Waals surface area contributed by atoms with Crippen molar-refractivity contribution in [1.29, 1.82) is 0 Å². The molecule has 0 aromatic heterocycles. The number of likely N-dealkylation sites (tertiary alicyclic amines) is 1. The van der Waals surface area contributed by atoms with E-state index in [-0.39, 0.29) is 25.2 Å². The second kappa shape index (κ2) is 7.90. The van der Waals surface area contributed by atoms with Gasteiger partial charge in [-0.25, -0.2) is 9.59 Å². The molecule has 6 nitrogen and oxygen atoms in total. The van der Waals surface area contributed by atoms with Crippen molar-refractivity contribution in [2.24, 2.45) is 0 Å². The zero-order chi connectivity index (χ0) is 20.5. The van der Waals surface area contributed by atoms with Crippen LogP contribution in [0.5, 0.6) is 0 Å². The summed E-state index contributed by atoms with van der Waals surface area (Å²) in [6, 6.07) is 13.2. The lowest BCUT2D eigenvalue weighted by atomic mass is 9.87. The van der Waals surface area contributed by atoms with Crippen molar-refractivity contribution < 1.29 is 24.6 Å². The van der Waals surface area contributed by atoms with Crippen molar-refractivity contribution in [2.75, 3.05) is 6.54 Å². The van der Waals surface area contributed by atoms with Gasteiger partial charge in [0.1, 0.15) is 0 Å². The van der Waals surface area contributed by atoms with Crippen LogP contribution in [0.15, 0.2) is 42.5 Å². The third kappa shape index (κ3) is 3.76. The Hall–Kier alpha value is -2.42. The molecule has 1 aliphatic heterocycles. The minimum atomic E-state index is -1.70. The van der Waals surface area contributed by atoms with Crippen LogP contribution in [-0.2, 0) is 4.79 Å². The molecule has 7 heteroatoms. The van der Waals surface area contributed by atoms with Crippen molar-refractivity contribution in [3.8, 4) is 11.1 Å². The third-order valence-electron chi connectivity index (χ3n) is 5.22. The quantitative estimate of drug-likeness (QED) is 0.475. The van der Waals surface area contributed by atoms with Gasteiger partial charge in [-0.3, -0.25) is 9.69 Å². The van der Waals surface area contributed by atoms with Crippen molar-refractivity contribution in [1.82, 2.24) is 4.90 Å². The fraction of sp³-hybridized carbons (Fsp3) is 0.286. The van der Waals surface area contributed by atoms with E-state index in [9.17, 15) is 24.6 Å². The molecule has 0 bridgehead atoms. The van der Waals surface area contributed by atoms with Gasteiger partial charge >= 0.3 is 12.1 Å². The molecule has 1 amide bonds. The van der Waals surface area contributed by atoms with E-state index in [0.717, 1.165) is 25.2 Å². The van der Waals surface area contributed by atoms with E-state index < -0.39 is 17.6 Å². The van der Waals surface area contributed by atoms with E-state index in [1.807, 2.05) is 37.3 Å². The molecule has 28 heavy (non-hydrogen) atoms. The van der Waals surface area contributed by atoms with Gasteiger partial charge in [0.2, 0.25) is 0 Å². The van der Waals surface area contributed by atoms with Crippen LogP contribution in [0, 0.1) is 10.5 Å². The maximum absolute atomic E-state index is 12.9. The smallest absolute Gasteiger partial charge is 0.408 e. The zero-order valence-corrected chi connectivity index (χ0v) is 17.5. The van der Waals surface area contributed by atoms with Gasteiger partial charge in [-0.2, -0.15) is 0 Å². The van der Waals surface area contributed by atoms with Gasteiger partial charge < -0.3 is 10.2 Å².